The molecule has 0 radical (unpaired) electrons. The number of aryl methyl sites for hydroxylation is 1. The second kappa shape index (κ2) is 7.41. The van der Waals surface area contributed by atoms with E-state index in [9.17, 15) is 13.2 Å². The van der Waals surface area contributed by atoms with Crippen LogP contribution in [0.25, 0.3) is 6.08 Å². The number of carbonyl (C=O) groups is 1. The summed E-state index contributed by atoms with van der Waals surface area (Å²) < 4.78 is 24.0. The standard InChI is InChI=1S/C16H15ClN2O3S/c1-12-2-9-15(10-3-12)23(21,22)19-18-16(20)11-6-13-4-7-14(17)8-5-13/h2-11,19H,1H3,(H,18,20). The van der Waals surface area contributed by atoms with E-state index in [0.29, 0.717) is 5.02 Å². The molecule has 0 aromatic heterocycles. The SMILES string of the molecule is Cc1ccc(S(=O)(=O)NNC(=O)C=Cc2ccc(Cl)cc2)cc1. The van der Waals surface area contributed by atoms with Crippen molar-refractivity contribution in [2.45, 2.75) is 11.8 Å². The Morgan fingerprint density at radius 3 is 2.26 bits per heavy atom. The molecule has 0 unspecified atom stereocenters. The zero-order valence-corrected chi connectivity index (χ0v) is 13.9. The molecule has 0 bridgehead atoms. The van der Waals surface area contributed by atoms with Crippen molar-refractivity contribution in [3.05, 3.63) is 70.8 Å². The molecule has 0 aliphatic heterocycles. The van der Waals surface area contributed by atoms with Gasteiger partial charge in [-0.15, -0.1) is 4.83 Å². The predicted molar refractivity (Wildman–Crippen MR) is 90.1 cm³/mol. The zero-order valence-electron chi connectivity index (χ0n) is 12.3. The third kappa shape index (κ3) is 5.21. The minimum Gasteiger partial charge on any atom is -0.274 e. The Hall–Kier alpha value is -2.15. The second-order valence-corrected chi connectivity index (χ2v) is 6.91. The van der Waals surface area contributed by atoms with Crippen molar-refractivity contribution in [3.63, 3.8) is 0 Å². The summed E-state index contributed by atoms with van der Waals surface area (Å²) in [5, 5.41) is 0.595. The lowest BCUT2D eigenvalue weighted by atomic mass is 10.2. The van der Waals surface area contributed by atoms with Crippen molar-refractivity contribution >= 4 is 33.6 Å². The first-order valence-corrected chi connectivity index (χ1v) is 8.55. The Morgan fingerprint density at radius 1 is 1.04 bits per heavy atom. The fourth-order valence-corrected chi connectivity index (χ4v) is 2.65. The minimum atomic E-state index is -3.79. The van der Waals surface area contributed by atoms with Gasteiger partial charge in [-0.25, -0.2) is 8.42 Å². The number of rotatable bonds is 5. The number of nitrogens with one attached hydrogen (secondary N) is 2. The third-order valence-corrected chi connectivity index (χ3v) is 4.45. The molecule has 0 atom stereocenters. The number of amides is 1. The van der Waals surface area contributed by atoms with E-state index in [0.717, 1.165) is 11.1 Å². The molecule has 2 aromatic rings. The van der Waals surface area contributed by atoms with Crippen LogP contribution in [0.1, 0.15) is 11.1 Å². The maximum absolute atomic E-state index is 12.0. The van der Waals surface area contributed by atoms with Crippen LogP contribution in [0.4, 0.5) is 0 Å². The van der Waals surface area contributed by atoms with Gasteiger partial charge in [0.1, 0.15) is 0 Å². The van der Waals surface area contributed by atoms with Crippen LogP contribution in [0.5, 0.6) is 0 Å². The van der Waals surface area contributed by atoms with Crippen LogP contribution in [0.3, 0.4) is 0 Å². The highest BCUT2D eigenvalue weighted by Crippen LogP contribution is 2.11. The quantitative estimate of drug-likeness (QED) is 0.643. The van der Waals surface area contributed by atoms with Crippen LogP contribution in [0.2, 0.25) is 5.02 Å². The van der Waals surface area contributed by atoms with Crippen LogP contribution < -0.4 is 10.3 Å². The molecular weight excluding hydrogens is 336 g/mol. The number of carbonyl (C=O) groups excluding carboxylic acids is 1. The summed E-state index contributed by atoms with van der Waals surface area (Å²) in [6, 6.07) is 13.2. The summed E-state index contributed by atoms with van der Waals surface area (Å²) in [6.45, 7) is 1.85. The summed E-state index contributed by atoms with van der Waals surface area (Å²) in [7, 11) is -3.79. The van der Waals surface area contributed by atoms with Crippen molar-refractivity contribution in [1.29, 1.82) is 0 Å². The molecule has 0 aliphatic carbocycles. The van der Waals surface area contributed by atoms with E-state index >= 15 is 0 Å². The van der Waals surface area contributed by atoms with Gasteiger partial charge in [-0.2, -0.15) is 0 Å². The molecule has 0 aliphatic rings. The molecule has 0 saturated carbocycles. The molecule has 2 N–H and O–H groups in total. The number of hydrogen-bond donors (Lipinski definition) is 2. The van der Waals surface area contributed by atoms with Gasteiger partial charge in [-0.1, -0.05) is 41.4 Å². The smallest absolute Gasteiger partial charge is 0.258 e. The fraction of sp³-hybridized carbons (Fsp3) is 0.0625. The largest absolute Gasteiger partial charge is 0.274 e. The van der Waals surface area contributed by atoms with Gasteiger partial charge >= 0.3 is 0 Å². The van der Waals surface area contributed by atoms with Gasteiger partial charge in [0.15, 0.2) is 0 Å². The first kappa shape index (κ1) is 17.2. The van der Waals surface area contributed by atoms with Crippen LogP contribution in [-0.4, -0.2) is 14.3 Å². The molecule has 1 amide bonds. The monoisotopic (exact) mass is 350 g/mol. The Kier molecular flexibility index (Phi) is 5.54. The third-order valence-electron chi connectivity index (χ3n) is 2.94. The van der Waals surface area contributed by atoms with Crippen LogP contribution in [-0.2, 0) is 14.8 Å². The molecule has 2 aromatic carbocycles. The lowest BCUT2D eigenvalue weighted by molar-refractivity contribution is -0.116. The van der Waals surface area contributed by atoms with Gasteiger partial charge in [-0.05, 0) is 42.8 Å². The van der Waals surface area contributed by atoms with E-state index in [1.165, 1.54) is 18.2 Å². The molecule has 7 heteroatoms. The molecule has 5 nitrogen and oxygen atoms in total. The second-order valence-electron chi connectivity index (χ2n) is 4.79. The Morgan fingerprint density at radius 2 is 1.65 bits per heavy atom. The maximum Gasteiger partial charge on any atom is 0.258 e. The van der Waals surface area contributed by atoms with E-state index < -0.39 is 15.9 Å². The van der Waals surface area contributed by atoms with E-state index in [1.54, 1.807) is 42.5 Å². The Bertz CT molecular complexity index is 813. The molecular formula is C16H15ClN2O3S. The summed E-state index contributed by atoms with van der Waals surface area (Å²) >= 11 is 5.76. The van der Waals surface area contributed by atoms with Crippen molar-refractivity contribution in [1.82, 2.24) is 10.3 Å². The van der Waals surface area contributed by atoms with Crippen LogP contribution in [0.15, 0.2) is 59.5 Å². The van der Waals surface area contributed by atoms with Gasteiger partial charge in [0.25, 0.3) is 15.9 Å². The van der Waals surface area contributed by atoms with E-state index in [2.05, 4.69) is 5.43 Å². The lowest BCUT2D eigenvalue weighted by Crippen LogP contribution is -2.40. The molecule has 120 valence electrons. The average Bonchev–Trinajstić information content (AvgIpc) is 2.53. The van der Waals surface area contributed by atoms with Gasteiger partial charge < -0.3 is 0 Å². The highest BCUT2D eigenvalue weighted by molar-refractivity contribution is 7.89. The number of sulfonamides is 1. The molecule has 0 fully saturated rings. The molecule has 2 rings (SSSR count). The highest BCUT2D eigenvalue weighted by atomic mass is 35.5. The van der Waals surface area contributed by atoms with E-state index in [-0.39, 0.29) is 4.90 Å². The van der Waals surface area contributed by atoms with Crippen molar-refractivity contribution < 1.29 is 13.2 Å². The summed E-state index contributed by atoms with van der Waals surface area (Å²) in [4.78, 5) is 13.8. The topological polar surface area (TPSA) is 75.3 Å². The zero-order chi connectivity index (χ0) is 16.9. The Labute approximate surface area is 140 Å². The summed E-state index contributed by atoms with van der Waals surface area (Å²) in [6.07, 6.45) is 2.77. The number of hydrazine groups is 1. The first-order chi connectivity index (χ1) is 10.9. The number of benzene rings is 2. The molecule has 0 heterocycles. The first-order valence-electron chi connectivity index (χ1n) is 6.69. The lowest BCUT2D eigenvalue weighted by Gasteiger charge is -2.07. The van der Waals surface area contributed by atoms with Crippen LogP contribution in [0, 0.1) is 6.92 Å². The molecule has 23 heavy (non-hydrogen) atoms. The summed E-state index contributed by atoms with van der Waals surface area (Å²) in [5.74, 6) is -0.587. The molecule has 0 spiro atoms. The fourth-order valence-electron chi connectivity index (χ4n) is 1.68. The summed E-state index contributed by atoms with van der Waals surface area (Å²) in [5.41, 5.74) is 3.84. The van der Waals surface area contributed by atoms with Crippen molar-refractivity contribution in [2.24, 2.45) is 0 Å². The van der Waals surface area contributed by atoms with E-state index in [1.807, 2.05) is 11.8 Å². The number of hydrogen-bond acceptors (Lipinski definition) is 3. The molecule has 0 saturated heterocycles. The van der Waals surface area contributed by atoms with Crippen molar-refractivity contribution in [2.75, 3.05) is 0 Å². The van der Waals surface area contributed by atoms with Crippen LogP contribution >= 0.6 is 11.6 Å². The Balaban J connectivity index is 1.95. The average molecular weight is 351 g/mol. The highest BCUT2D eigenvalue weighted by Gasteiger charge is 2.13. The van der Waals surface area contributed by atoms with Gasteiger partial charge in [0.05, 0.1) is 4.90 Å². The van der Waals surface area contributed by atoms with Gasteiger partial charge in [-0.3, -0.25) is 10.2 Å². The minimum absolute atomic E-state index is 0.0741. The van der Waals surface area contributed by atoms with Gasteiger partial charge in [0.2, 0.25) is 0 Å². The maximum atomic E-state index is 12.0. The van der Waals surface area contributed by atoms with Crippen molar-refractivity contribution in [3.8, 4) is 0 Å². The predicted octanol–water partition coefficient (Wildman–Crippen LogP) is 2.67. The van der Waals surface area contributed by atoms with E-state index in [4.69, 9.17) is 11.6 Å². The van der Waals surface area contributed by atoms with Gasteiger partial charge in [0, 0.05) is 11.1 Å². The normalized spacial score (nSPS) is 11.6. The number of halogens is 1.